The predicted octanol–water partition coefficient (Wildman–Crippen LogP) is 1.66. The lowest BCUT2D eigenvalue weighted by molar-refractivity contribution is -0.114. The maximum absolute atomic E-state index is 15.4. The van der Waals surface area contributed by atoms with Crippen molar-refractivity contribution < 1.29 is 28.2 Å². The molecule has 2 amide bonds. The number of halogens is 2. The fourth-order valence-corrected chi connectivity index (χ4v) is 3.55. The smallest absolute Gasteiger partial charge is 0.412 e. The molecule has 12 heteroatoms. The molecule has 1 fully saturated rings. The number of nitrogens with zero attached hydrogens (tertiary/aromatic N) is 2. The summed E-state index contributed by atoms with van der Waals surface area (Å²) in [4.78, 5) is 24.7. The lowest BCUT2D eigenvalue weighted by Crippen LogP contribution is -2.60. The Kier molecular flexibility index (Phi) is 8.69. The Labute approximate surface area is 195 Å². The standard InChI is InChI=1S/C22H26F2N6O4/c1-3-13-8-16(23)14(9-17(13)31)11-30-7-5-22(4-6-25,18(24)12-30)28-10-15(20(27)32)19(26)29-21(33)34-2/h3,8-10,18,28,31H,1,4-5,7,11-12H2,2H3,(H2,27,32)(H2,26,29,33)/b15-10+. The van der Waals surface area contributed by atoms with Gasteiger partial charge in [0, 0.05) is 37.0 Å². The number of carbonyl (C=O) groups excluding carboxylic acids is 2. The van der Waals surface area contributed by atoms with Gasteiger partial charge >= 0.3 is 6.09 Å². The van der Waals surface area contributed by atoms with Crippen molar-refractivity contribution >= 4 is 23.9 Å². The number of phenols is 1. The number of hydrogen-bond donors (Lipinski definition) is 5. The first kappa shape index (κ1) is 26.3. The number of benzene rings is 1. The Morgan fingerprint density at radius 1 is 1.53 bits per heavy atom. The van der Waals surface area contributed by atoms with Crippen LogP contribution in [0.25, 0.3) is 6.08 Å². The van der Waals surface area contributed by atoms with Crippen molar-refractivity contribution in [1.29, 1.82) is 10.7 Å². The van der Waals surface area contributed by atoms with Crippen LogP contribution < -0.4 is 16.4 Å². The van der Waals surface area contributed by atoms with E-state index in [0.29, 0.717) is 0 Å². The van der Waals surface area contributed by atoms with Gasteiger partial charge in [-0.15, -0.1) is 0 Å². The highest BCUT2D eigenvalue weighted by Crippen LogP contribution is 2.31. The minimum Gasteiger partial charge on any atom is -0.507 e. The van der Waals surface area contributed by atoms with E-state index in [2.05, 4.69) is 16.6 Å². The van der Waals surface area contributed by atoms with E-state index in [-0.39, 0.29) is 49.4 Å². The van der Waals surface area contributed by atoms with Gasteiger partial charge < -0.3 is 20.9 Å². The normalized spacial score (nSPS) is 20.6. The molecular weight excluding hydrogens is 450 g/mol. The Morgan fingerprint density at radius 2 is 2.24 bits per heavy atom. The molecule has 1 aromatic carbocycles. The molecule has 1 heterocycles. The molecule has 0 aromatic heterocycles. The van der Waals surface area contributed by atoms with Crippen LogP contribution in [0.2, 0.25) is 0 Å². The molecule has 0 radical (unpaired) electrons. The Morgan fingerprint density at radius 3 is 2.79 bits per heavy atom. The zero-order chi connectivity index (χ0) is 25.5. The molecule has 1 aliphatic heterocycles. The summed E-state index contributed by atoms with van der Waals surface area (Å²) in [6, 6.07) is 4.32. The van der Waals surface area contributed by atoms with Crippen molar-refractivity contribution in [1.82, 2.24) is 15.5 Å². The summed E-state index contributed by atoms with van der Waals surface area (Å²) in [6.07, 6.45) is -0.493. The van der Waals surface area contributed by atoms with E-state index in [9.17, 15) is 24.3 Å². The number of carbonyl (C=O) groups is 2. The second-order valence-electron chi connectivity index (χ2n) is 7.71. The van der Waals surface area contributed by atoms with Gasteiger partial charge in [0.1, 0.15) is 23.6 Å². The maximum atomic E-state index is 15.4. The molecule has 1 aromatic rings. The molecule has 0 spiro atoms. The van der Waals surface area contributed by atoms with Gasteiger partial charge in [0.15, 0.2) is 0 Å². The number of amidine groups is 1. The number of rotatable bonds is 8. The number of nitriles is 1. The first-order valence-electron chi connectivity index (χ1n) is 10.2. The van der Waals surface area contributed by atoms with E-state index < -0.39 is 40.9 Å². The third kappa shape index (κ3) is 6.08. The van der Waals surface area contributed by atoms with Gasteiger partial charge in [0.25, 0.3) is 5.91 Å². The molecule has 0 aliphatic carbocycles. The second-order valence-corrected chi connectivity index (χ2v) is 7.71. The Balaban J connectivity index is 2.19. The monoisotopic (exact) mass is 476 g/mol. The minimum absolute atomic E-state index is 0.0238. The number of alkyl carbamates (subject to hydrolysis) is 1. The van der Waals surface area contributed by atoms with E-state index in [0.717, 1.165) is 19.4 Å². The average Bonchev–Trinajstić information content (AvgIpc) is 2.78. The van der Waals surface area contributed by atoms with Gasteiger partial charge in [0.2, 0.25) is 0 Å². The van der Waals surface area contributed by atoms with Crippen LogP contribution in [0, 0.1) is 22.6 Å². The highest BCUT2D eigenvalue weighted by molar-refractivity contribution is 6.21. The SMILES string of the molecule is C=Cc1cc(F)c(CN2CCC(CC#N)(N/C=C(\C(=N)NC(=O)OC)C(N)=O)C(F)C2)cc1O. The highest BCUT2D eigenvalue weighted by atomic mass is 19.1. The van der Waals surface area contributed by atoms with Crippen molar-refractivity contribution in [2.45, 2.75) is 31.1 Å². The zero-order valence-electron chi connectivity index (χ0n) is 18.5. The largest absolute Gasteiger partial charge is 0.507 e. The third-order valence-electron chi connectivity index (χ3n) is 5.55. The van der Waals surface area contributed by atoms with Gasteiger partial charge in [-0.2, -0.15) is 5.26 Å². The number of hydrogen-bond acceptors (Lipinski definition) is 8. The fraction of sp³-hybridized carbons (Fsp3) is 0.364. The number of piperidine rings is 1. The van der Waals surface area contributed by atoms with Crippen LogP contribution in [-0.2, 0) is 16.1 Å². The van der Waals surface area contributed by atoms with Gasteiger partial charge in [-0.3, -0.25) is 20.4 Å². The lowest BCUT2D eigenvalue weighted by atomic mass is 9.83. The number of alkyl halides is 1. The van der Waals surface area contributed by atoms with Crippen LogP contribution in [0.1, 0.15) is 24.0 Å². The summed E-state index contributed by atoms with van der Waals surface area (Å²) in [5, 5.41) is 31.8. The van der Waals surface area contributed by atoms with Crippen molar-refractivity contribution in [3.8, 4) is 11.8 Å². The number of amides is 2. The van der Waals surface area contributed by atoms with Crippen molar-refractivity contribution in [2.75, 3.05) is 20.2 Å². The lowest BCUT2D eigenvalue weighted by Gasteiger charge is -2.43. The van der Waals surface area contributed by atoms with E-state index >= 15 is 4.39 Å². The Hall–Kier alpha value is -3.98. The summed E-state index contributed by atoms with van der Waals surface area (Å²) in [5.74, 6) is -2.44. The molecule has 10 nitrogen and oxygen atoms in total. The number of ether oxygens (including phenoxy) is 1. The van der Waals surface area contributed by atoms with Crippen molar-refractivity contribution in [3.05, 3.63) is 47.4 Å². The summed E-state index contributed by atoms with van der Waals surface area (Å²) >= 11 is 0. The molecule has 0 bridgehead atoms. The van der Waals surface area contributed by atoms with Crippen LogP contribution in [0.3, 0.4) is 0 Å². The van der Waals surface area contributed by atoms with Gasteiger partial charge in [-0.05, 0) is 18.6 Å². The number of nitrogens with one attached hydrogen (secondary N) is 3. The predicted molar refractivity (Wildman–Crippen MR) is 120 cm³/mol. The summed E-state index contributed by atoms with van der Waals surface area (Å²) in [7, 11) is 1.07. The van der Waals surface area contributed by atoms with E-state index in [1.165, 1.54) is 12.1 Å². The van der Waals surface area contributed by atoms with E-state index in [1.54, 1.807) is 4.90 Å². The number of aromatic hydroxyl groups is 1. The fourth-order valence-electron chi connectivity index (χ4n) is 3.55. The number of primary amides is 1. The van der Waals surface area contributed by atoms with Gasteiger partial charge in [-0.1, -0.05) is 12.7 Å². The molecule has 1 aliphatic rings. The van der Waals surface area contributed by atoms with Crippen LogP contribution in [-0.4, -0.2) is 59.8 Å². The van der Waals surface area contributed by atoms with E-state index in [1.807, 2.05) is 11.4 Å². The summed E-state index contributed by atoms with van der Waals surface area (Å²) in [5.41, 5.74) is 3.82. The molecule has 6 N–H and O–H groups in total. The van der Waals surface area contributed by atoms with Crippen LogP contribution in [0.5, 0.6) is 5.75 Å². The highest BCUT2D eigenvalue weighted by Gasteiger charge is 2.43. The first-order valence-corrected chi connectivity index (χ1v) is 10.2. The first-order chi connectivity index (χ1) is 16.1. The summed E-state index contributed by atoms with van der Waals surface area (Å²) < 4.78 is 34.1. The molecular formula is C22H26F2N6O4. The quantitative estimate of drug-likeness (QED) is 0.216. The molecule has 2 rings (SSSR count). The number of likely N-dealkylation sites (tertiary alicyclic amines) is 1. The second kappa shape index (κ2) is 11.2. The van der Waals surface area contributed by atoms with Crippen LogP contribution in [0.4, 0.5) is 13.6 Å². The topological polar surface area (TPSA) is 165 Å². The zero-order valence-corrected chi connectivity index (χ0v) is 18.5. The van der Waals surface area contributed by atoms with E-state index in [4.69, 9.17) is 11.1 Å². The molecule has 182 valence electrons. The van der Waals surface area contributed by atoms with Crippen molar-refractivity contribution in [2.24, 2.45) is 5.73 Å². The Bertz CT molecular complexity index is 1050. The van der Waals surface area contributed by atoms with Gasteiger partial charge in [0.05, 0.1) is 30.7 Å². The molecule has 34 heavy (non-hydrogen) atoms. The molecule has 0 saturated carbocycles. The summed E-state index contributed by atoms with van der Waals surface area (Å²) in [6.45, 7) is 3.61. The third-order valence-corrected chi connectivity index (χ3v) is 5.55. The number of phenolic OH excluding ortho intramolecular Hbond substituents is 1. The molecule has 2 unspecified atom stereocenters. The van der Waals surface area contributed by atoms with Crippen LogP contribution in [0.15, 0.2) is 30.5 Å². The minimum atomic E-state index is -1.63. The molecule has 2 atom stereocenters. The number of methoxy groups -OCH3 is 1. The van der Waals surface area contributed by atoms with Crippen molar-refractivity contribution in [3.63, 3.8) is 0 Å². The molecule has 1 saturated heterocycles. The van der Waals surface area contributed by atoms with Crippen LogP contribution >= 0.6 is 0 Å². The number of nitrogens with two attached hydrogens (primary N) is 1. The average molecular weight is 476 g/mol. The maximum Gasteiger partial charge on any atom is 0.412 e. The van der Waals surface area contributed by atoms with Gasteiger partial charge in [-0.25, -0.2) is 13.6 Å².